The molecule has 0 N–H and O–H groups in total. The molecule has 4 rings (SSSR count). The number of fused-ring (bicyclic) bond motifs is 1. The number of rotatable bonds is 4. The summed E-state index contributed by atoms with van der Waals surface area (Å²) in [6.45, 7) is 3.92. The number of nitrogens with zero attached hydrogens (tertiary/aromatic N) is 1. The van der Waals surface area contributed by atoms with Gasteiger partial charge in [0.1, 0.15) is 11.3 Å². The smallest absolute Gasteiger partial charge is 0.282 e. The summed E-state index contributed by atoms with van der Waals surface area (Å²) in [4.78, 5) is 0.166. The Kier molecular flexibility index (Phi) is 4.61. The van der Waals surface area contributed by atoms with Crippen molar-refractivity contribution in [1.82, 2.24) is 0 Å². The van der Waals surface area contributed by atoms with Gasteiger partial charge in [-0.25, -0.2) is 0 Å². The number of hydrogen-bond donors (Lipinski definition) is 0. The van der Waals surface area contributed by atoms with Crippen LogP contribution in [0, 0.1) is 13.8 Å². The van der Waals surface area contributed by atoms with E-state index in [1.54, 1.807) is 24.3 Å². The normalized spacial score (nSPS) is 12.1. The quantitative estimate of drug-likeness (QED) is 0.432. The van der Waals surface area contributed by atoms with E-state index in [2.05, 4.69) is 4.40 Å². The Balaban J connectivity index is 1.83. The second-order valence-electron chi connectivity index (χ2n) is 6.73. The Morgan fingerprint density at radius 2 is 1.43 bits per heavy atom. The molecule has 5 heteroatoms. The molecule has 1 heterocycles. The second-order valence-corrected chi connectivity index (χ2v) is 8.36. The molecule has 0 saturated heterocycles. The molecule has 28 heavy (non-hydrogen) atoms. The van der Waals surface area contributed by atoms with Gasteiger partial charge in [0.25, 0.3) is 10.0 Å². The summed E-state index contributed by atoms with van der Waals surface area (Å²) < 4.78 is 35.2. The average Bonchev–Trinajstić information content (AvgIpc) is 3.06. The highest BCUT2D eigenvalue weighted by atomic mass is 32.2. The Morgan fingerprint density at radius 3 is 2.11 bits per heavy atom. The van der Waals surface area contributed by atoms with Crippen molar-refractivity contribution in [2.75, 3.05) is 0 Å². The molecule has 0 unspecified atom stereocenters. The van der Waals surface area contributed by atoms with Crippen LogP contribution >= 0.6 is 0 Å². The zero-order chi connectivity index (χ0) is 19.7. The first kappa shape index (κ1) is 18.2. The zero-order valence-corrected chi connectivity index (χ0v) is 16.4. The Bertz CT molecular complexity index is 1270. The van der Waals surface area contributed by atoms with Crippen LogP contribution < -0.4 is 0 Å². The maximum atomic E-state index is 12.6. The standard InChI is InChI=1S/C23H19NO3S/c1-16-7-11-18(12-8-16)23-21(20-5-3-4-6-22(20)27-23)15-24-28(25,26)19-13-9-17(2)10-14-19/h3-15H,1-2H3/b24-15+. The van der Waals surface area contributed by atoms with Crippen molar-refractivity contribution in [2.45, 2.75) is 18.7 Å². The highest BCUT2D eigenvalue weighted by Gasteiger charge is 2.16. The average molecular weight is 389 g/mol. The van der Waals surface area contributed by atoms with Crippen molar-refractivity contribution >= 4 is 27.2 Å². The molecule has 140 valence electrons. The maximum absolute atomic E-state index is 12.6. The highest BCUT2D eigenvalue weighted by Crippen LogP contribution is 2.33. The number of aryl methyl sites for hydroxylation is 2. The van der Waals surface area contributed by atoms with Crippen molar-refractivity contribution in [3.63, 3.8) is 0 Å². The topological polar surface area (TPSA) is 59.6 Å². The molecule has 0 fully saturated rings. The van der Waals surface area contributed by atoms with Crippen LogP contribution in [0.15, 0.2) is 86.5 Å². The van der Waals surface area contributed by atoms with E-state index in [4.69, 9.17) is 4.42 Å². The molecule has 0 aliphatic carbocycles. The fraction of sp³-hybridized carbons (Fsp3) is 0.0870. The molecule has 0 amide bonds. The summed E-state index contributed by atoms with van der Waals surface area (Å²) in [7, 11) is -3.80. The van der Waals surface area contributed by atoms with Crippen LogP contribution in [-0.4, -0.2) is 14.6 Å². The summed E-state index contributed by atoms with van der Waals surface area (Å²) in [5, 5.41) is 0.820. The monoisotopic (exact) mass is 389 g/mol. The van der Waals surface area contributed by atoms with Crippen LogP contribution in [0.1, 0.15) is 16.7 Å². The first-order chi connectivity index (χ1) is 13.4. The van der Waals surface area contributed by atoms with E-state index in [0.29, 0.717) is 16.9 Å². The van der Waals surface area contributed by atoms with Gasteiger partial charge in [0, 0.05) is 16.5 Å². The third-order valence-corrected chi connectivity index (χ3v) is 5.84. The molecular weight excluding hydrogens is 370 g/mol. The molecule has 0 aliphatic rings. The van der Waals surface area contributed by atoms with Crippen molar-refractivity contribution in [1.29, 1.82) is 0 Å². The molecule has 0 bridgehead atoms. The number of furan rings is 1. The van der Waals surface area contributed by atoms with Gasteiger partial charge in [-0.15, -0.1) is 0 Å². The van der Waals surface area contributed by atoms with E-state index in [-0.39, 0.29) is 4.90 Å². The van der Waals surface area contributed by atoms with Gasteiger partial charge in [-0.05, 0) is 32.0 Å². The third-order valence-electron chi connectivity index (χ3n) is 4.59. The summed E-state index contributed by atoms with van der Waals surface area (Å²) in [5.74, 6) is 0.601. The number of benzene rings is 3. The van der Waals surface area contributed by atoms with E-state index in [1.165, 1.54) is 6.21 Å². The molecule has 3 aromatic carbocycles. The Morgan fingerprint density at radius 1 is 0.821 bits per heavy atom. The minimum atomic E-state index is -3.80. The lowest BCUT2D eigenvalue weighted by molar-refractivity contribution is 0.598. The fourth-order valence-corrected chi connectivity index (χ4v) is 3.85. The van der Waals surface area contributed by atoms with E-state index in [0.717, 1.165) is 22.1 Å². The van der Waals surface area contributed by atoms with Crippen LogP contribution in [0.5, 0.6) is 0 Å². The fourth-order valence-electron chi connectivity index (χ4n) is 3.01. The summed E-state index contributed by atoms with van der Waals surface area (Å²) in [6.07, 6.45) is 1.39. The first-order valence-electron chi connectivity index (χ1n) is 8.90. The predicted molar refractivity (Wildman–Crippen MR) is 112 cm³/mol. The van der Waals surface area contributed by atoms with Gasteiger partial charge in [-0.3, -0.25) is 0 Å². The van der Waals surface area contributed by atoms with E-state index in [9.17, 15) is 8.42 Å². The van der Waals surface area contributed by atoms with Gasteiger partial charge in [0.05, 0.1) is 11.1 Å². The van der Waals surface area contributed by atoms with Gasteiger partial charge in [-0.2, -0.15) is 12.8 Å². The van der Waals surface area contributed by atoms with Crippen LogP contribution in [-0.2, 0) is 10.0 Å². The van der Waals surface area contributed by atoms with Gasteiger partial charge in [-0.1, -0.05) is 65.7 Å². The SMILES string of the molecule is Cc1ccc(-c2oc3ccccc3c2/C=N/S(=O)(=O)c2ccc(C)cc2)cc1. The van der Waals surface area contributed by atoms with Crippen molar-refractivity contribution in [3.8, 4) is 11.3 Å². The minimum Gasteiger partial charge on any atom is -0.455 e. The maximum Gasteiger partial charge on any atom is 0.282 e. The molecule has 0 atom stereocenters. The lowest BCUT2D eigenvalue weighted by Crippen LogP contribution is -1.98. The lowest BCUT2D eigenvalue weighted by Gasteiger charge is -2.01. The minimum absolute atomic E-state index is 0.166. The highest BCUT2D eigenvalue weighted by molar-refractivity contribution is 7.90. The zero-order valence-electron chi connectivity index (χ0n) is 15.6. The Hall–Kier alpha value is -3.18. The summed E-state index contributed by atoms with van der Waals surface area (Å²) >= 11 is 0. The van der Waals surface area contributed by atoms with Gasteiger partial charge in [0.15, 0.2) is 0 Å². The van der Waals surface area contributed by atoms with Crippen LogP contribution in [0.3, 0.4) is 0 Å². The lowest BCUT2D eigenvalue weighted by atomic mass is 10.1. The molecule has 0 spiro atoms. The number of hydrogen-bond acceptors (Lipinski definition) is 3. The first-order valence-corrected chi connectivity index (χ1v) is 10.3. The van der Waals surface area contributed by atoms with E-state index in [1.807, 2.05) is 62.4 Å². The van der Waals surface area contributed by atoms with Crippen molar-refractivity contribution in [3.05, 3.63) is 89.5 Å². The Labute approximate surface area is 164 Å². The number of para-hydroxylation sites is 1. The molecule has 0 aliphatic heterocycles. The van der Waals surface area contributed by atoms with Crippen LogP contribution in [0.25, 0.3) is 22.3 Å². The summed E-state index contributed by atoms with van der Waals surface area (Å²) in [5.41, 5.74) is 4.33. The molecule has 4 nitrogen and oxygen atoms in total. The second kappa shape index (κ2) is 7.09. The van der Waals surface area contributed by atoms with Crippen molar-refractivity contribution in [2.24, 2.45) is 4.40 Å². The van der Waals surface area contributed by atoms with Gasteiger partial charge >= 0.3 is 0 Å². The van der Waals surface area contributed by atoms with Crippen LogP contribution in [0.4, 0.5) is 0 Å². The van der Waals surface area contributed by atoms with E-state index < -0.39 is 10.0 Å². The molecular formula is C23H19NO3S. The molecule has 4 aromatic rings. The van der Waals surface area contributed by atoms with Gasteiger partial charge in [0.2, 0.25) is 0 Å². The predicted octanol–water partition coefficient (Wildman–Crippen LogP) is 5.52. The number of sulfonamides is 1. The van der Waals surface area contributed by atoms with Gasteiger partial charge < -0.3 is 4.42 Å². The van der Waals surface area contributed by atoms with Crippen molar-refractivity contribution < 1.29 is 12.8 Å². The largest absolute Gasteiger partial charge is 0.455 e. The molecule has 1 aromatic heterocycles. The molecule has 0 radical (unpaired) electrons. The van der Waals surface area contributed by atoms with Crippen LogP contribution in [0.2, 0.25) is 0 Å². The third kappa shape index (κ3) is 3.49. The molecule has 0 saturated carbocycles. The van der Waals surface area contributed by atoms with E-state index >= 15 is 0 Å². The summed E-state index contributed by atoms with van der Waals surface area (Å²) in [6, 6.07) is 22.1.